The zero-order valence-corrected chi connectivity index (χ0v) is 64.0. The second-order valence-corrected chi connectivity index (χ2v) is 28.6. The van der Waals surface area contributed by atoms with E-state index in [1.807, 2.05) is 75.5 Å². The van der Waals surface area contributed by atoms with E-state index < -0.39 is 54.0 Å². The number of nitrogens with zero attached hydrogens (tertiary/aromatic N) is 14. The summed E-state index contributed by atoms with van der Waals surface area (Å²) in [5.41, 5.74) is 4.35. The number of rotatable bonds is 20. The number of halogens is 10. The van der Waals surface area contributed by atoms with Crippen molar-refractivity contribution in [1.29, 1.82) is 0 Å². The third kappa shape index (κ3) is 14.8. The Morgan fingerprint density at radius 2 is 1.01 bits per heavy atom. The quantitative estimate of drug-likeness (QED) is 0.0477. The van der Waals surface area contributed by atoms with E-state index in [0.717, 1.165) is 57.6 Å². The molecule has 20 nitrogen and oxygen atoms in total. The maximum atomic E-state index is 14.2. The van der Waals surface area contributed by atoms with E-state index in [-0.39, 0.29) is 39.1 Å². The zero-order chi connectivity index (χ0) is 77.2. The number of pyridine rings is 3. The smallest absolute Gasteiger partial charge is 0.278 e. The van der Waals surface area contributed by atoms with E-state index >= 15 is 0 Å². The first kappa shape index (κ1) is 78.1. The van der Waals surface area contributed by atoms with E-state index in [2.05, 4.69) is 44.9 Å². The Morgan fingerprint density at radius 3 is 1.45 bits per heavy atom. The number of benzene rings is 4. The van der Waals surface area contributed by atoms with Gasteiger partial charge in [0.1, 0.15) is 22.6 Å². The molecule has 2 unspecified atom stereocenters. The largest absolute Gasteiger partial charge is 0.481 e. The Balaban J connectivity index is 0.000000159. The minimum absolute atomic E-state index is 0.0120. The number of anilines is 1. The molecular weight excluding hydrogens is 1460 g/mol. The van der Waals surface area contributed by atoms with Gasteiger partial charge in [0.05, 0.1) is 106 Å². The van der Waals surface area contributed by atoms with E-state index in [1.54, 1.807) is 127 Å². The lowest BCUT2D eigenvalue weighted by molar-refractivity contribution is -0.0236. The topological polar surface area (TPSA) is 219 Å². The molecule has 1 aliphatic heterocycles. The molecule has 0 amide bonds. The number of imidazole rings is 4. The summed E-state index contributed by atoms with van der Waals surface area (Å²) in [5.74, 6) is -6.61. The first-order valence-electron chi connectivity index (χ1n) is 33.6. The van der Waals surface area contributed by atoms with Crippen molar-refractivity contribution in [2.45, 2.75) is 116 Å². The average Bonchev–Trinajstić information content (AvgIpc) is 1.41. The molecule has 0 spiro atoms. The molecule has 1 saturated heterocycles. The fraction of sp³-hybridized carbons (Fsp3) is 0.368. The summed E-state index contributed by atoms with van der Waals surface area (Å²) in [5, 5.41) is 44.1. The first-order valence-corrected chi connectivity index (χ1v) is 35.1. The summed E-state index contributed by atoms with van der Waals surface area (Å²) < 4.78 is 107. The van der Waals surface area contributed by atoms with Crippen LogP contribution < -0.4 is 19.1 Å². The number of aliphatic hydroxyl groups is 3. The molecule has 2 atom stereocenters. The lowest BCUT2D eigenvalue weighted by atomic mass is 9.81. The van der Waals surface area contributed by atoms with Crippen molar-refractivity contribution in [3.8, 4) is 17.5 Å². The minimum Gasteiger partial charge on any atom is -0.481 e. The maximum absolute atomic E-state index is 14.2. The summed E-state index contributed by atoms with van der Waals surface area (Å²) in [6, 6.07) is 22.6. The normalized spacial score (nSPS) is 14.0. The van der Waals surface area contributed by atoms with Crippen LogP contribution in [0.5, 0.6) is 17.5 Å². The summed E-state index contributed by atoms with van der Waals surface area (Å²) in [4.78, 5) is 32.8. The van der Waals surface area contributed by atoms with E-state index in [4.69, 9.17) is 60.6 Å². The number of methoxy groups -OCH3 is 2. The average molecular weight is 1540 g/mol. The van der Waals surface area contributed by atoms with Crippen molar-refractivity contribution in [2.75, 3.05) is 38.8 Å². The molecular formula is C76H80Cl4F6N14O6. The van der Waals surface area contributed by atoms with Gasteiger partial charge < -0.3 is 52.7 Å². The molecule has 1 aliphatic rings. The lowest BCUT2D eigenvalue weighted by Gasteiger charge is -2.37. The van der Waals surface area contributed by atoms with Crippen molar-refractivity contribution < 1.29 is 55.9 Å². The highest BCUT2D eigenvalue weighted by molar-refractivity contribution is 6.37. The monoisotopic (exact) mass is 1540 g/mol. The maximum Gasteiger partial charge on any atom is 0.278 e. The number of hydrogen-bond acceptors (Lipinski definition) is 15. The predicted molar refractivity (Wildman–Crippen MR) is 397 cm³/mol. The van der Waals surface area contributed by atoms with Crippen molar-refractivity contribution in [1.82, 2.24) is 62.9 Å². The number of ether oxygens (including phenoxy) is 3. The molecule has 0 bridgehead atoms. The number of fused-ring (bicyclic) bond motifs is 3. The Hall–Kier alpha value is -9.02. The van der Waals surface area contributed by atoms with Gasteiger partial charge in [-0.2, -0.15) is 5.10 Å². The Labute approximate surface area is 628 Å². The number of alkyl halides is 6. The highest BCUT2D eigenvalue weighted by Crippen LogP contribution is 2.48. The van der Waals surface area contributed by atoms with E-state index in [1.165, 1.54) is 14.2 Å². The fourth-order valence-corrected chi connectivity index (χ4v) is 14.4. The second kappa shape index (κ2) is 29.6. The molecule has 560 valence electrons. The molecule has 13 rings (SSSR count). The summed E-state index contributed by atoms with van der Waals surface area (Å²) >= 11 is 25.9. The van der Waals surface area contributed by atoms with Gasteiger partial charge in [0, 0.05) is 112 Å². The molecule has 30 heteroatoms. The summed E-state index contributed by atoms with van der Waals surface area (Å²) in [6.07, 6.45) is 8.15. The molecule has 4 aromatic carbocycles. The van der Waals surface area contributed by atoms with Crippen LogP contribution in [0.25, 0.3) is 32.7 Å². The van der Waals surface area contributed by atoms with Crippen LogP contribution in [-0.2, 0) is 64.9 Å². The molecule has 8 aromatic heterocycles. The Kier molecular flexibility index (Phi) is 21.8. The molecule has 3 N–H and O–H groups in total. The minimum atomic E-state index is -3.09. The number of aromatic nitrogens is 13. The van der Waals surface area contributed by atoms with Gasteiger partial charge in [0.15, 0.2) is 23.4 Å². The standard InChI is InChI=1S/C26H29ClF2N6O.C25H23Cl2F2N3O2.C25H28ClF2N5O3/c1-15-30-13-21(33(15)4)26(36,22-14-31-16(2)34(22)5)17-7-8-20-18(11-17)23(35-9-6-10-35)19(24(27)32-20)12-25(3,28)29;1-24(28,29)11-10-18-22(27)19-12-16(6-9-20(19)31-23(18)34-3)25(33,21-13-30-14-32(21)2)15-4-7-17(26)8-5-15;1-13-20(14(2)33(6)31-13)25(34,19-11-29-15(3)32(19)5)16-8-9-18-17(10-16)21(26)22(23(30-18)35-7)36-12-24(4,27)28/h7-8,11,13-14,36H,6,9-10,12H2,1-5H3;4-9,12-14,33H,10-11H2,1-3H3;8-11,34H,12H2,1-7H3. The van der Waals surface area contributed by atoms with Crippen LogP contribution >= 0.6 is 46.4 Å². The third-order valence-corrected chi connectivity index (χ3v) is 20.9. The second-order valence-electron chi connectivity index (χ2n) is 27.1. The van der Waals surface area contributed by atoms with Gasteiger partial charge in [0.25, 0.3) is 11.8 Å². The van der Waals surface area contributed by atoms with Crippen molar-refractivity contribution in [2.24, 2.45) is 35.2 Å². The first-order chi connectivity index (χ1) is 49.7. The van der Waals surface area contributed by atoms with Gasteiger partial charge in [-0.25, -0.2) is 61.2 Å². The summed E-state index contributed by atoms with van der Waals surface area (Å²) in [6.45, 7) is 12.4. The van der Waals surface area contributed by atoms with Gasteiger partial charge >= 0.3 is 0 Å². The van der Waals surface area contributed by atoms with E-state index in [0.29, 0.717) is 117 Å². The van der Waals surface area contributed by atoms with Crippen molar-refractivity contribution >= 4 is 84.8 Å². The van der Waals surface area contributed by atoms with Crippen LogP contribution in [0.3, 0.4) is 0 Å². The molecule has 0 aliphatic carbocycles. The van der Waals surface area contributed by atoms with Gasteiger partial charge in [-0.3, -0.25) is 4.68 Å². The van der Waals surface area contributed by atoms with Crippen LogP contribution in [-0.4, -0.2) is 130 Å². The van der Waals surface area contributed by atoms with Crippen molar-refractivity contribution in [3.63, 3.8) is 0 Å². The van der Waals surface area contributed by atoms with Gasteiger partial charge in [-0.1, -0.05) is 76.7 Å². The molecule has 106 heavy (non-hydrogen) atoms. The molecule has 0 saturated carbocycles. The predicted octanol–water partition coefficient (Wildman–Crippen LogP) is 15.4. The number of hydrogen-bond donors (Lipinski definition) is 3. The third-order valence-electron chi connectivity index (χ3n) is 19.5. The highest BCUT2D eigenvalue weighted by atomic mass is 35.5. The number of aryl methyl sites for hydroxylation is 6. The van der Waals surface area contributed by atoms with Gasteiger partial charge in [-0.15, -0.1) is 0 Å². The lowest BCUT2D eigenvalue weighted by Crippen LogP contribution is -2.38. The zero-order valence-electron chi connectivity index (χ0n) is 60.9. The molecule has 1 fully saturated rings. The molecule has 12 aromatic rings. The van der Waals surface area contributed by atoms with Crippen LogP contribution in [0.15, 0.2) is 110 Å². The van der Waals surface area contributed by atoms with Crippen LogP contribution in [0.1, 0.15) is 124 Å². The molecule has 0 radical (unpaired) electrons. The fourth-order valence-electron chi connectivity index (χ4n) is 13.4. The van der Waals surface area contributed by atoms with Gasteiger partial charge in [0.2, 0.25) is 23.5 Å². The Morgan fingerprint density at radius 1 is 0.528 bits per heavy atom. The van der Waals surface area contributed by atoms with Crippen LogP contribution in [0.2, 0.25) is 20.2 Å². The van der Waals surface area contributed by atoms with Crippen LogP contribution in [0, 0.1) is 34.6 Å². The highest BCUT2D eigenvalue weighted by Gasteiger charge is 2.44. The SMILES string of the molecule is COc1nc2ccc(C(O)(c3c(C)nn(C)c3C)c3cnc(C)n3C)cc2c(Cl)c1OCC(C)(F)F.COc1nc2ccc(C(O)(c3ccc(Cl)cc3)c3cncn3C)cc2c(Cl)c1CCC(C)(F)F.Cc1ncc(C(O)(c2ccc3nc(Cl)c(CC(C)(F)F)c(N4CCC4)c3c2)c2cnc(C)n2C)n1C. The Bertz CT molecular complexity index is 5250. The van der Waals surface area contributed by atoms with Crippen LogP contribution in [0.4, 0.5) is 32.0 Å². The van der Waals surface area contributed by atoms with Crippen molar-refractivity contribution in [3.05, 3.63) is 221 Å². The molecule has 9 heterocycles. The van der Waals surface area contributed by atoms with E-state index in [9.17, 15) is 41.7 Å². The summed E-state index contributed by atoms with van der Waals surface area (Å²) in [7, 11) is 11.9. The van der Waals surface area contributed by atoms with Gasteiger partial charge in [-0.05, 0) is 132 Å².